The van der Waals surface area contributed by atoms with E-state index in [0.29, 0.717) is 19.8 Å². The van der Waals surface area contributed by atoms with Gasteiger partial charge in [0.2, 0.25) is 0 Å². The van der Waals surface area contributed by atoms with Gasteiger partial charge in [0.15, 0.2) is 0 Å². The molecule has 0 amide bonds. The molecule has 0 spiro atoms. The van der Waals surface area contributed by atoms with E-state index in [2.05, 4.69) is 81.4 Å². The highest BCUT2D eigenvalue weighted by molar-refractivity contribution is 6.99. The zero-order valence-corrected chi connectivity index (χ0v) is 22.4. The molecule has 5 heteroatoms. The SMILES string of the molecule is COc1ccc(COCC2(CO)CC2CO[Si](c2ccccc2)(c2ccccc2)C(C)(C)C)cc1. The number of rotatable bonds is 11. The van der Waals surface area contributed by atoms with Crippen molar-refractivity contribution in [3.8, 4) is 5.75 Å². The van der Waals surface area contributed by atoms with Crippen LogP contribution in [0.5, 0.6) is 5.75 Å². The fraction of sp³-hybridized carbons (Fsp3) is 0.400. The van der Waals surface area contributed by atoms with Crippen molar-refractivity contribution in [1.82, 2.24) is 0 Å². The van der Waals surface area contributed by atoms with Gasteiger partial charge in [-0.2, -0.15) is 0 Å². The van der Waals surface area contributed by atoms with Crippen molar-refractivity contribution in [2.75, 3.05) is 26.9 Å². The van der Waals surface area contributed by atoms with Crippen LogP contribution in [0.3, 0.4) is 0 Å². The smallest absolute Gasteiger partial charge is 0.261 e. The number of methoxy groups -OCH3 is 1. The fourth-order valence-electron chi connectivity index (χ4n) is 5.16. The second kappa shape index (κ2) is 10.7. The van der Waals surface area contributed by atoms with Crippen molar-refractivity contribution in [2.24, 2.45) is 11.3 Å². The molecule has 1 fully saturated rings. The minimum Gasteiger partial charge on any atom is -0.497 e. The molecule has 186 valence electrons. The molecule has 2 unspecified atom stereocenters. The summed E-state index contributed by atoms with van der Waals surface area (Å²) >= 11 is 0. The largest absolute Gasteiger partial charge is 0.497 e. The van der Waals surface area contributed by atoms with Crippen LogP contribution >= 0.6 is 0 Å². The third-order valence-electron chi connectivity index (χ3n) is 7.41. The van der Waals surface area contributed by atoms with Gasteiger partial charge in [-0.15, -0.1) is 0 Å². The van der Waals surface area contributed by atoms with E-state index in [-0.39, 0.29) is 23.0 Å². The molecule has 1 N–H and O–H groups in total. The first-order valence-electron chi connectivity index (χ1n) is 12.4. The van der Waals surface area contributed by atoms with Gasteiger partial charge in [0, 0.05) is 12.0 Å². The van der Waals surface area contributed by atoms with E-state index in [1.807, 2.05) is 24.3 Å². The van der Waals surface area contributed by atoms with Crippen LogP contribution in [0.2, 0.25) is 5.04 Å². The molecule has 2 atom stereocenters. The normalized spacial score (nSPS) is 20.0. The molecule has 4 rings (SSSR count). The lowest BCUT2D eigenvalue weighted by Crippen LogP contribution is -2.66. The van der Waals surface area contributed by atoms with Crippen LogP contribution in [0, 0.1) is 11.3 Å². The summed E-state index contributed by atoms with van der Waals surface area (Å²) in [7, 11) is -0.909. The number of aliphatic hydroxyl groups excluding tert-OH is 1. The van der Waals surface area contributed by atoms with E-state index in [4.69, 9.17) is 13.9 Å². The topological polar surface area (TPSA) is 47.9 Å². The third-order valence-corrected chi connectivity index (χ3v) is 12.4. The Kier molecular flexibility index (Phi) is 7.82. The van der Waals surface area contributed by atoms with E-state index in [1.165, 1.54) is 10.4 Å². The zero-order valence-electron chi connectivity index (χ0n) is 21.4. The minimum atomic E-state index is -2.57. The Balaban J connectivity index is 1.48. The lowest BCUT2D eigenvalue weighted by atomic mass is 10.1. The first-order chi connectivity index (χ1) is 16.8. The molecule has 35 heavy (non-hydrogen) atoms. The number of aliphatic hydroxyl groups is 1. The number of benzene rings is 3. The van der Waals surface area contributed by atoms with Gasteiger partial charge in [0.05, 0.1) is 26.9 Å². The molecule has 0 bridgehead atoms. The van der Waals surface area contributed by atoms with Crippen molar-refractivity contribution < 1.29 is 19.0 Å². The fourth-order valence-corrected chi connectivity index (χ4v) is 9.77. The Morgan fingerprint density at radius 1 is 0.886 bits per heavy atom. The highest BCUT2D eigenvalue weighted by atomic mass is 28.4. The van der Waals surface area contributed by atoms with Crippen molar-refractivity contribution in [2.45, 2.75) is 38.8 Å². The summed E-state index contributed by atoms with van der Waals surface area (Å²) in [5.74, 6) is 1.12. The Labute approximate surface area is 211 Å². The van der Waals surface area contributed by atoms with Crippen LogP contribution in [0.25, 0.3) is 0 Å². The zero-order chi connectivity index (χ0) is 24.9. The summed E-state index contributed by atoms with van der Waals surface area (Å²) in [4.78, 5) is 0. The van der Waals surface area contributed by atoms with E-state index in [1.54, 1.807) is 7.11 Å². The number of hydrogen-bond acceptors (Lipinski definition) is 4. The Hall–Kier alpha value is -2.44. The first kappa shape index (κ1) is 25.6. The third kappa shape index (κ3) is 5.38. The van der Waals surface area contributed by atoms with E-state index in [0.717, 1.165) is 17.7 Å². The molecule has 1 aliphatic carbocycles. The van der Waals surface area contributed by atoms with Gasteiger partial charge in [-0.05, 0) is 45.4 Å². The van der Waals surface area contributed by atoms with E-state index < -0.39 is 8.32 Å². The van der Waals surface area contributed by atoms with Gasteiger partial charge >= 0.3 is 0 Å². The van der Waals surface area contributed by atoms with Crippen molar-refractivity contribution >= 4 is 18.7 Å². The van der Waals surface area contributed by atoms with Crippen LogP contribution in [0.15, 0.2) is 84.9 Å². The molecular weight excluding hydrogens is 452 g/mol. The van der Waals surface area contributed by atoms with Crippen LogP contribution in [-0.4, -0.2) is 40.4 Å². The van der Waals surface area contributed by atoms with Gasteiger partial charge in [-0.1, -0.05) is 93.6 Å². The van der Waals surface area contributed by atoms with Crippen LogP contribution in [0.4, 0.5) is 0 Å². The lowest BCUT2D eigenvalue weighted by molar-refractivity contribution is 0.0395. The summed E-state index contributed by atoms with van der Waals surface area (Å²) in [5, 5.41) is 12.8. The highest BCUT2D eigenvalue weighted by Crippen LogP contribution is 2.53. The Morgan fingerprint density at radius 3 is 1.94 bits per heavy atom. The highest BCUT2D eigenvalue weighted by Gasteiger charge is 2.57. The monoisotopic (exact) mass is 490 g/mol. The average Bonchev–Trinajstić information content (AvgIpc) is 3.58. The van der Waals surface area contributed by atoms with E-state index >= 15 is 0 Å². The van der Waals surface area contributed by atoms with E-state index in [9.17, 15) is 5.11 Å². The van der Waals surface area contributed by atoms with Gasteiger partial charge in [-0.3, -0.25) is 0 Å². The summed E-state index contributed by atoms with van der Waals surface area (Å²) < 4.78 is 18.4. The molecule has 4 nitrogen and oxygen atoms in total. The maximum absolute atomic E-state index is 10.3. The van der Waals surface area contributed by atoms with Crippen molar-refractivity contribution in [3.63, 3.8) is 0 Å². The maximum Gasteiger partial charge on any atom is 0.261 e. The second-order valence-electron chi connectivity index (χ2n) is 10.7. The Bertz CT molecular complexity index is 1020. The Morgan fingerprint density at radius 2 is 1.46 bits per heavy atom. The quantitative estimate of drug-likeness (QED) is 0.393. The molecular formula is C30H38O4Si. The molecule has 3 aromatic carbocycles. The molecule has 0 saturated heterocycles. The summed E-state index contributed by atoms with van der Waals surface area (Å²) in [6.07, 6.45) is 0.921. The minimum absolute atomic E-state index is 0.0582. The summed E-state index contributed by atoms with van der Waals surface area (Å²) in [6, 6.07) is 29.3. The van der Waals surface area contributed by atoms with Crippen molar-refractivity contribution in [1.29, 1.82) is 0 Å². The average molecular weight is 491 g/mol. The molecule has 0 aliphatic heterocycles. The van der Waals surface area contributed by atoms with Crippen LogP contribution in [-0.2, 0) is 15.8 Å². The molecule has 0 heterocycles. The number of hydrogen-bond donors (Lipinski definition) is 1. The number of ether oxygens (including phenoxy) is 2. The summed E-state index contributed by atoms with van der Waals surface area (Å²) in [6.45, 7) is 8.68. The van der Waals surface area contributed by atoms with Crippen LogP contribution < -0.4 is 15.1 Å². The molecule has 0 radical (unpaired) electrons. The van der Waals surface area contributed by atoms with Crippen molar-refractivity contribution in [3.05, 3.63) is 90.5 Å². The molecule has 0 aromatic heterocycles. The summed E-state index contributed by atoms with van der Waals surface area (Å²) in [5.41, 5.74) is 0.873. The van der Waals surface area contributed by atoms with Gasteiger partial charge < -0.3 is 19.0 Å². The maximum atomic E-state index is 10.3. The van der Waals surface area contributed by atoms with Gasteiger partial charge in [0.1, 0.15) is 5.75 Å². The first-order valence-corrected chi connectivity index (χ1v) is 14.3. The predicted molar refractivity (Wildman–Crippen MR) is 144 cm³/mol. The van der Waals surface area contributed by atoms with Gasteiger partial charge in [-0.25, -0.2) is 0 Å². The molecule has 3 aromatic rings. The van der Waals surface area contributed by atoms with Crippen LogP contribution in [0.1, 0.15) is 32.8 Å². The van der Waals surface area contributed by atoms with Gasteiger partial charge in [0.25, 0.3) is 8.32 Å². The predicted octanol–water partition coefficient (Wildman–Crippen LogP) is 4.79. The lowest BCUT2D eigenvalue weighted by Gasteiger charge is -2.43. The molecule has 1 aliphatic rings. The second-order valence-corrected chi connectivity index (χ2v) is 15.0. The standard InChI is InChI=1S/C30H38O4Si/c1-29(2,3)35(27-11-7-5-8-12-27,28-13-9-6-10-14-28)34-21-25-19-30(25,22-31)23-33-20-24-15-17-26(32-4)18-16-24/h5-18,25,31H,19-23H2,1-4H3. The molecule has 1 saturated carbocycles.